The Bertz CT molecular complexity index is 1760. The molecule has 0 fully saturated rings. The predicted octanol–water partition coefficient (Wildman–Crippen LogP) is 8.89. The molecule has 1 N–H and O–H groups in total. The van der Waals surface area contributed by atoms with Crippen molar-refractivity contribution in [3.63, 3.8) is 0 Å². The number of anilines is 1. The maximum absolute atomic E-state index is 13.9. The number of halogens is 3. The van der Waals surface area contributed by atoms with Crippen LogP contribution in [0.25, 0.3) is 16.1 Å². The highest BCUT2D eigenvalue weighted by Gasteiger charge is 2.36. The number of aromatic nitrogens is 1. The molecule has 43 heavy (non-hydrogen) atoms. The van der Waals surface area contributed by atoms with Gasteiger partial charge in [-0.1, -0.05) is 29.8 Å². The van der Waals surface area contributed by atoms with Gasteiger partial charge in [0.15, 0.2) is 0 Å². The van der Waals surface area contributed by atoms with Crippen LogP contribution < -0.4 is 15.6 Å². The minimum absolute atomic E-state index is 0.0137. The number of hydrogen-bond acceptors (Lipinski definition) is 4. The van der Waals surface area contributed by atoms with E-state index in [1.807, 2.05) is 32.0 Å². The van der Waals surface area contributed by atoms with E-state index < -0.39 is 34.7 Å². The molecule has 3 aromatic carbocycles. The summed E-state index contributed by atoms with van der Waals surface area (Å²) in [5.74, 6) is 0.768. The fraction of sp³-hybridized carbons (Fsp3) is 0.242. The van der Waals surface area contributed by atoms with Gasteiger partial charge in [0, 0.05) is 17.4 Å². The molecule has 0 atom stereocenters. The summed E-state index contributed by atoms with van der Waals surface area (Å²) in [4.78, 5) is 28.4. The molecule has 0 unspecified atom stereocenters. The molecule has 0 bridgehead atoms. The highest BCUT2D eigenvalue weighted by Crippen LogP contribution is 2.38. The van der Waals surface area contributed by atoms with E-state index in [4.69, 9.17) is 16.0 Å². The van der Waals surface area contributed by atoms with Gasteiger partial charge in [-0.15, -0.1) is 0 Å². The zero-order valence-corrected chi connectivity index (χ0v) is 24.3. The molecule has 0 spiro atoms. The molecule has 0 aliphatic rings. The van der Waals surface area contributed by atoms with Crippen LogP contribution in [0.5, 0.6) is 11.5 Å². The Labute approximate surface area is 247 Å². The number of amides is 1. The van der Waals surface area contributed by atoms with E-state index in [1.165, 1.54) is 4.57 Å². The van der Waals surface area contributed by atoms with Gasteiger partial charge in [0.2, 0.25) is 0 Å². The molecule has 0 aliphatic carbocycles. The maximum Gasteiger partial charge on any atom is 0.412 e. The fourth-order valence-electron chi connectivity index (χ4n) is 4.44. The summed E-state index contributed by atoms with van der Waals surface area (Å²) in [5.41, 5.74) is -0.538. The number of carbonyl (C=O) groups is 1. The van der Waals surface area contributed by atoms with E-state index >= 15 is 0 Å². The number of pyridine rings is 1. The summed E-state index contributed by atoms with van der Waals surface area (Å²) >= 11 is 0. The molecule has 10 heteroatoms. The summed E-state index contributed by atoms with van der Waals surface area (Å²) in [7, 11) is 0. The van der Waals surface area contributed by atoms with Crippen molar-refractivity contribution in [2.24, 2.45) is 0 Å². The number of alkyl halides is 3. The van der Waals surface area contributed by atoms with Gasteiger partial charge in [0.1, 0.15) is 17.1 Å². The van der Waals surface area contributed by atoms with E-state index in [0.717, 1.165) is 22.8 Å². The first-order valence-corrected chi connectivity index (χ1v) is 13.3. The molecule has 7 nitrogen and oxygen atoms in total. The largest absolute Gasteiger partial charge is 0.457 e. The average molecular weight is 590 g/mol. The number of rotatable bonds is 6. The minimum atomic E-state index is -4.89. The molecule has 0 saturated heterocycles. The van der Waals surface area contributed by atoms with Crippen molar-refractivity contribution in [2.75, 3.05) is 5.32 Å². The predicted molar refractivity (Wildman–Crippen MR) is 159 cm³/mol. The number of ether oxygens (including phenoxy) is 2. The molecule has 4 rings (SSSR count). The monoisotopic (exact) mass is 589 g/mol. The van der Waals surface area contributed by atoms with Crippen LogP contribution in [0.15, 0.2) is 77.6 Å². The quantitative estimate of drug-likeness (QED) is 0.228. The summed E-state index contributed by atoms with van der Waals surface area (Å²) in [5, 5.41) is 2.63. The SMILES string of the molecule is [C-]#[N+]c1c(C(F)(F)F)cc(-c2ccc(Oc3cccc(NC(=O)OC(C)(C)C)c3)cc2)n(Cc2ccc(C)cc2C)c1=O. The van der Waals surface area contributed by atoms with Crippen molar-refractivity contribution in [3.05, 3.63) is 117 Å². The second-order valence-corrected chi connectivity index (χ2v) is 11.0. The first-order valence-electron chi connectivity index (χ1n) is 13.3. The second-order valence-electron chi connectivity index (χ2n) is 11.0. The van der Waals surface area contributed by atoms with Crippen molar-refractivity contribution in [3.8, 4) is 22.8 Å². The van der Waals surface area contributed by atoms with Crippen LogP contribution in [0.3, 0.4) is 0 Å². The van der Waals surface area contributed by atoms with E-state index in [0.29, 0.717) is 22.7 Å². The van der Waals surface area contributed by atoms with E-state index in [2.05, 4.69) is 10.2 Å². The molecule has 0 radical (unpaired) electrons. The van der Waals surface area contributed by atoms with Crippen molar-refractivity contribution in [2.45, 2.75) is 52.9 Å². The first kappa shape index (κ1) is 30.9. The lowest BCUT2D eigenvalue weighted by Crippen LogP contribution is -2.27. The van der Waals surface area contributed by atoms with E-state index in [-0.39, 0.29) is 12.2 Å². The van der Waals surface area contributed by atoms with Crippen LogP contribution in [0.4, 0.5) is 29.3 Å². The molecule has 222 valence electrons. The lowest BCUT2D eigenvalue weighted by atomic mass is 10.0. The van der Waals surface area contributed by atoms with Gasteiger partial charge in [0.25, 0.3) is 11.2 Å². The Kier molecular flexibility index (Phi) is 8.67. The number of benzene rings is 3. The third kappa shape index (κ3) is 7.63. The van der Waals surface area contributed by atoms with Gasteiger partial charge in [-0.25, -0.2) is 9.64 Å². The standard InChI is InChI=1S/C33H30F3N3O4/c1-20-10-11-23(21(2)16-20)19-39-28(18-27(33(34,35)36)29(37-6)30(39)40)22-12-14-25(15-13-22)42-26-9-7-8-24(17-26)38-31(41)43-32(3,4)5/h7-18H,19H2,1-5H3,(H,38,41). The van der Waals surface area contributed by atoms with Gasteiger partial charge >= 0.3 is 12.3 Å². The van der Waals surface area contributed by atoms with Crippen molar-refractivity contribution < 1.29 is 27.4 Å². The lowest BCUT2D eigenvalue weighted by Gasteiger charge is -2.20. The van der Waals surface area contributed by atoms with Crippen LogP contribution in [0, 0.1) is 20.4 Å². The van der Waals surface area contributed by atoms with Crippen molar-refractivity contribution in [1.82, 2.24) is 4.57 Å². The highest BCUT2D eigenvalue weighted by atomic mass is 19.4. The molecule has 1 aromatic heterocycles. The molecular formula is C33H30F3N3O4. The number of nitrogens with zero attached hydrogens (tertiary/aromatic N) is 2. The van der Waals surface area contributed by atoms with E-state index in [9.17, 15) is 22.8 Å². The zero-order valence-electron chi connectivity index (χ0n) is 24.3. The van der Waals surface area contributed by atoms with Gasteiger partial charge in [-0.3, -0.25) is 10.1 Å². The summed E-state index contributed by atoms with van der Waals surface area (Å²) in [6, 6.07) is 19.3. The number of hydrogen-bond donors (Lipinski definition) is 1. The maximum atomic E-state index is 13.9. The Morgan fingerprint density at radius 3 is 2.26 bits per heavy atom. The van der Waals surface area contributed by atoms with Crippen molar-refractivity contribution in [1.29, 1.82) is 0 Å². The molecule has 4 aromatic rings. The topological polar surface area (TPSA) is 73.9 Å². The van der Waals surface area contributed by atoms with Gasteiger partial charge in [0.05, 0.1) is 18.7 Å². The van der Waals surface area contributed by atoms with Gasteiger partial charge in [-0.05, 0) is 93.8 Å². The molecular weight excluding hydrogens is 559 g/mol. The Morgan fingerprint density at radius 2 is 1.65 bits per heavy atom. The van der Waals surface area contributed by atoms with Gasteiger partial charge < -0.3 is 14.0 Å². The normalized spacial score (nSPS) is 11.5. The van der Waals surface area contributed by atoms with Crippen LogP contribution in [-0.2, 0) is 17.5 Å². The zero-order chi connectivity index (χ0) is 31.5. The van der Waals surface area contributed by atoms with Crippen LogP contribution in [0.2, 0.25) is 0 Å². The smallest absolute Gasteiger partial charge is 0.412 e. The highest BCUT2D eigenvalue weighted by molar-refractivity contribution is 5.85. The third-order valence-corrected chi connectivity index (χ3v) is 6.38. The lowest BCUT2D eigenvalue weighted by molar-refractivity contribution is -0.136. The minimum Gasteiger partial charge on any atom is -0.457 e. The summed E-state index contributed by atoms with van der Waals surface area (Å²) in [6.07, 6.45) is -5.52. The number of carbonyl (C=O) groups excluding carboxylic acids is 1. The first-order chi connectivity index (χ1) is 20.1. The van der Waals surface area contributed by atoms with Crippen LogP contribution in [0.1, 0.15) is 43.0 Å². The average Bonchev–Trinajstić information content (AvgIpc) is 2.90. The van der Waals surface area contributed by atoms with Crippen LogP contribution in [-0.4, -0.2) is 16.3 Å². The number of nitrogens with one attached hydrogen (secondary N) is 1. The van der Waals surface area contributed by atoms with Crippen LogP contribution >= 0.6 is 0 Å². The summed E-state index contributed by atoms with van der Waals surface area (Å²) in [6.45, 7) is 16.3. The third-order valence-electron chi connectivity index (χ3n) is 6.38. The van der Waals surface area contributed by atoms with Gasteiger partial charge in [-0.2, -0.15) is 13.2 Å². The van der Waals surface area contributed by atoms with E-state index in [1.54, 1.807) is 69.3 Å². The molecule has 1 amide bonds. The molecule has 1 heterocycles. The fourth-order valence-corrected chi connectivity index (χ4v) is 4.44. The Morgan fingerprint density at radius 1 is 0.953 bits per heavy atom. The Hall–Kier alpha value is -5.04. The van der Waals surface area contributed by atoms with Crippen molar-refractivity contribution >= 4 is 17.5 Å². The molecule has 0 saturated carbocycles. The number of aryl methyl sites for hydroxylation is 2. The molecule has 0 aliphatic heterocycles. The summed E-state index contributed by atoms with van der Waals surface area (Å²) < 4.78 is 54.2. The second kappa shape index (κ2) is 12.1. The Balaban J connectivity index is 1.68.